The van der Waals surface area contributed by atoms with E-state index in [0.717, 1.165) is 17.7 Å². The van der Waals surface area contributed by atoms with E-state index in [1.807, 2.05) is 24.3 Å². The van der Waals surface area contributed by atoms with E-state index >= 15 is 0 Å². The van der Waals surface area contributed by atoms with E-state index < -0.39 is 37.2 Å². The molecular formula is C25H29F3N4O2Si. The van der Waals surface area contributed by atoms with Crippen LogP contribution in [0.1, 0.15) is 45.2 Å². The summed E-state index contributed by atoms with van der Waals surface area (Å²) >= 11 is 0. The fraction of sp³-hybridized carbons (Fsp3) is 0.400. The summed E-state index contributed by atoms with van der Waals surface area (Å²) in [6, 6.07) is 10.6. The van der Waals surface area contributed by atoms with Gasteiger partial charge in [0.05, 0.1) is 17.8 Å². The highest BCUT2D eigenvalue weighted by Crippen LogP contribution is 2.40. The lowest BCUT2D eigenvalue weighted by atomic mass is 9.92. The van der Waals surface area contributed by atoms with Gasteiger partial charge in [-0.05, 0) is 49.3 Å². The summed E-state index contributed by atoms with van der Waals surface area (Å²) < 4.78 is 46.4. The van der Waals surface area contributed by atoms with Crippen molar-refractivity contribution < 1.29 is 22.4 Å². The topological polar surface area (TPSA) is 67.1 Å². The molecule has 0 saturated carbocycles. The Morgan fingerprint density at radius 3 is 2.46 bits per heavy atom. The summed E-state index contributed by atoms with van der Waals surface area (Å²) in [6.07, 6.45) is -4.50. The van der Waals surface area contributed by atoms with Gasteiger partial charge in [-0.15, -0.1) is 0 Å². The number of rotatable bonds is 5. The lowest BCUT2D eigenvalue weighted by Crippen LogP contribution is -2.47. The third-order valence-electron chi connectivity index (χ3n) is 6.51. The first kappa shape index (κ1) is 26.3. The molecule has 0 aromatic heterocycles. The van der Waals surface area contributed by atoms with Crippen LogP contribution in [0.5, 0.6) is 5.75 Å². The van der Waals surface area contributed by atoms with E-state index in [0.29, 0.717) is 11.5 Å². The van der Waals surface area contributed by atoms with Crippen molar-refractivity contribution in [2.75, 3.05) is 5.32 Å². The highest BCUT2D eigenvalue weighted by Gasteiger charge is 2.42. The lowest BCUT2D eigenvalue weighted by Gasteiger charge is -2.37. The molecule has 1 amide bonds. The molecule has 1 aliphatic rings. The predicted molar refractivity (Wildman–Crippen MR) is 133 cm³/mol. The Hall–Kier alpha value is -3.32. The Balaban J connectivity index is 1.81. The number of hydrogen-bond donors (Lipinski definition) is 2. The highest BCUT2D eigenvalue weighted by atomic mass is 28.4. The zero-order valence-electron chi connectivity index (χ0n) is 20.6. The number of carbonyl (C=O) groups excluding carboxylic acids is 1. The van der Waals surface area contributed by atoms with Crippen LogP contribution in [0.2, 0.25) is 18.1 Å². The minimum absolute atomic E-state index is 0.0116. The minimum atomic E-state index is -4.71. The number of nitrogens with one attached hydrogen (secondary N) is 2. The van der Waals surface area contributed by atoms with Gasteiger partial charge in [0.2, 0.25) is 0 Å². The van der Waals surface area contributed by atoms with Crippen LogP contribution in [0, 0.1) is 6.57 Å². The molecule has 1 heterocycles. The molecule has 0 bridgehead atoms. The van der Waals surface area contributed by atoms with Crippen molar-refractivity contribution in [1.29, 1.82) is 0 Å². The first-order valence-electron chi connectivity index (χ1n) is 11.1. The maximum atomic E-state index is 13.3. The zero-order chi connectivity index (χ0) is 26.2. The average molecular weight is 503 g/mol. The Labute approximate surface area is 204 Å². The fourth-order valence-corrected chi connectivity index (χ4v) is 4.35. The first-order valence-corrected chi connectivity index (χ1v) is 14.0. The van der Waals surface area contributed by atoms with Gasteiger partial charge >= 0.3 is 6.18 Å². The molecular weight excluding hydrogens is 473 g/mol. The molecule has 186 valence electrons. The molecule has 2 aromatic rings. The molecule has 1 atom stereocenters. The number of benzene rings is 2. The Kier molecular flexibility index (Phi) is 6.79. The Morgan fingerprint density at radius 2 is 1.86 bits per heavy atom. The van der Waals surface area contributed by atoms with Crippen LogP contribution in [0.3, 0.4) is 0 Å². The molecule has 35 heavy (non-hydrogen) atoms. The second kappa shape index (κ2) is 9.04. The molecule has 1 aliphatic heterocycles. The van der Waals surface area contributed by atoms with Crippen molar-refractivity contribution in [3.63, 3.8) is 0 Å². The van der Waals surface area contributed by atoms with Gasteiger partial charge in [-0.3, -0.25) is 10.2 Å². The Bertz CT molecular complexity index is 1210. The van der Waals surface area contributed by atoms with E-state index in [1.165, 1.54) is 6.07 Å². The van der Waals surface area contributed by atoms with Crippen molar-refractivity contribution in [2.24, 2.45) is 5.10 Å². The van der Waals surface area contributed by atoms with Gasteiger partial charge in [0.15, 0.2) is 5.69 Å². The maximum Gasteiger partial charge on any atom is 0.407 e. The van der Waals surface area contributed by atoms with Crippen molar-refractivity contribution >= 4 is 31.3 Å². The van der Waals surface area contributed by atoms with Gasteiger partial charge in [0, 0.05) is 17.7 Å². The number of nitrogens with zero attached hydrogens (tertiary/aromatic N) is 2. The molecule has 0 radical (unpaired) electrons. The van der Waals surface area contributed by atoms with E-state index in [4.69, 9.17) is 11.0 Å². The summed E-state index contributed by atoms with van der Waals surface area (Å²) in [5.74, 6) is 0.150. The average Bonchev–Trinajstić information content (AvgIpc) is 3.15. The number of alkyl halides is 3. The molecule has 10 heteroatoms. The van der Waals surface area contributed by atoms with Crippen molar-refractivity contribution in [2.45, 2.75) is 64.0 Å². The third-order valence-corrected chi connectivity index (χ3v) is 10.9. The lowest BCUT2D eigenvalue weighted by molar-refractivity contribution is -0.136. The van der Waals surface area contributed by atoms with Crippen LogP contribution in [-0.4, -0.2) is 25.5 Å². The summed E-state index contributed by atoms with van der Waals surface area (Å²) in [7, 11) is -2.13. The highest BCUT2D eigenvalue weighted by molar-refractivity contribution is 6.74. The van der Waals surface area contributed by atoms with Crippen LogP contribution in [0.15, 0.2) is 47.6 Å². The maximum absolute atomic E-state index is 13.3. The van der Waals surface area contributed by atoms with Gasteiger partial charge in [0.1, 0.15) is 11.3 Å². The van der Waals surface area contributed by atoms with Crippen LogP contribution in [-0.2, 0) is 11.0 Å². The van der Waals surface area contributed by atoms with Gasteiger partial charge < -0.3 is 9.74 Å². The van der Waals surface area contributed by atoms with Crippen molar-refractivity contribution in [3.05, 3.63) is 65.0 Å². The van der Waals surface area contributed by atoms with Crippen LogP contribution < -0.4 is 15.2 Å². The Morgan fingerprint density at radius 1 is 1.20 bits per heavy atom. The number of amides is 1. The summed E-state index contributed by atoms with van der Waals surface area (Å²) in [4.78, 5) is 16.0. The van der Waals surface area contributed by atoms with Crippen molar-refractivity contribution in [3.8, 4) is 5.75 Å². The van der Waals surface area contributed by atoms with E-state index in [9.17, 15) is 18.0 Å². The monoisotopic (exact) mass is 502 g/mol. The molecule has 3 rings (SSSR count). The molecule has 2 N–H and O–H groups in total. The van der Waals surface area contributed by atoms with E-state index in [-0.39, 0.29) is 17.1 Å². The van der Waals surface area contributed by atoms with E-state index in [2.05, 4.69) is 54.6 Å². The largest absolute Gasteiger partial charge is 0.543 e. The van der Waals surface area contributed by atoms with Crippen LogP contribution >= 0.6 is 0 Å². The summed E-state index contributed by atoms with van der Waals surface area (Å²) in [6.45, 7) is 19.3. The molecule has 0 fully saturated rings. The summed E-state index contributed by atoms with van der Waals surface area (Å²) in [5, 5.41) is 6.90. The number of anilines is 1. The van der Waals surface area contributed by atoms with Gasteiger partial charge in [0.25, 0.3) is 14.2 Å². The quantitative estimate of drug-likeness (QED) is 0.352. The molecule has 6 nitrogen and oxygen atoms in total. The van der Waals surface area contributed by atoms with Crippen molar-refractivity contribution in [1.82, 2.24) is 5.43 Å². The molecule has 2 aromatic carbocycles. The van der Waals surface area contributed by atoms with Crippen LogP contribution in [0.4, 0.5) is 24.5 Å². The number of para-hydroxylation sites is 1. The SMILES string of the molecule is [C-]#[N+]c1ccc(NC(=O)C2(C)CC(c3ccccc3O[Si](C)(C)C(C)(C)C)=NN2)cc1C(F)(F)F. The second-order valence-corrected chi connectivity index (χ2v) is 15.1. The van der Waals surface area contributed by atoms with Gasteiger partial charge in [-0.25, -0.2) is 4.85 Å². The number of hydrogen-bond acceptors (Lipinski definition) is 4. The fourth-order valence-electron chi connectivity index (χ4n) is 3.32. The number of halogens is 3. The van der Waals surface area contributed by atoms with Crippen LogP contribution in [0.25, 0.3) is 4.85 Å². The molecule has 0 aliphatic carbocycles. The number of carbonyl (C=O) groups is 1. The van der Waals surface area contributed by atoms with E-state index in [1.54, 1.807) is 6.92 Å². The summed E-state index contributed by atoms with van der Waals surface area (Å²) in [5.41, 5.74) is 1.39. The third kappa shape index (κ3) is 5.51. The van der Waals surface area contributed by atoms with Gasteiger partial charge in [-0.1, -0.05) is 39.0 Å². The first-order chi connectivity index (χ1) is 16.1. The molecule has 1 unspecified atom stereocenters. The standard InChI is InChI=1S/C25H29F3N4O2Si/c1-23(2,3)35(6,7)34-21-11-9-8-10-17(21)20-15-24(4,32-31-20)22(33)30-16-12-13-19(29-5)18(14-16)25(26,27)28/h8-14,32H,15H2,1-4,6-7H3,(H,30,33). The predicted octanol–water partition coefficient (Wildman–Crippen LogP) is 6.73. The van der Waals surface area contributed by atoms with Gasteiger partial charge in [-0.2, -0.15) is 18.3 Å². The smallest absolute Gasteiger partial charge is 0.407 e. The number of hydrazone groups is 1. The normalized spacial score (nSPS) is 18.3. The molecule has 0 spiro atoms. The molecule has 0 saturated heterocycles. The second-order valence-electron chi connectivity index (χ2n) is 10.3. The minimum Gasteiger partial charge on any atom is -0.543 e. The zero-order valence-corrected chi connectivity index (χ0v) is 21.6.